The van der Waals surface area contributed by atoms with Crippen molar-refractivity contribution in [3.8, 4) is 0 Å². The molecule has 21 heavy (non-hydrogen) atoms. The van der Waals surface area contributed by atoms with E-state index in [1.165, 1.54) is 0 Å². The number of hydrogen-bond donors (Lipinski definition) is 1. The number of nitrogens with zero attached hydrogens (tertiary/aromatic N) is 1. The Labute approximate surface area is 141 Å². The molecule has 1 N–H and O–H groups in total. The molecule has 1 heterocycles. The molecule has 1 aliphatic heterocycles. The maximum Gasteiger partial charge on any atom is 0.238 e. The highest BCUT2D eigenvalue weighted by atomic mass is 79.9. The highest BCUT2D eigenvalue weighted by Crippen LogP contribution is 2.32. The standard InChI is InChI=1S/C15H18Br2N2O2/c1-10-6-12(16)15(13(17)7-10)18-14(21)8-19-4-2-11(9-20)3-5-19/h6-7,9,11H,2-5,8H2,1H3,(H,18,21). The topological polar surface area (TPSA) is 49.4 Å². The molecule has 2 rings (SSSR count). The number of rotatable bonds is 4. The van der Waals surface area contributed by atoms with Crippen LogP contribution in [0.4, 0.5) is 5.69 Å². The zero-order valence-electron chi connectivity index (χ0n) is 11.9. The number of piperidine rings is 1. The fraction of sp³-hybridized carbons (Fsp3) is 0.467. The summed E-state index contributed by atoms with van der Waals surface area (Å²) in [6, 6.07) is 3.94. The molecule has 0 aliphatic carbocycles. The first-order valence-corrected chi connectivity index (χ1v) is 8.51. The third-order valence-corrected chi connectivity index (χ3v) is 4.89. The Morgan fingerprint density at radius 1 is 1.33 bits per heavy atom. The molecule has 0 bridgehead atoms. The van der Waals surface area contributed by atoms with E-state index < -0.39 is 0 Å². The molecule has 0 radical (unpaired) electrons. The third-order valence-electron chi connectivity index (χ3n) is 3.64. The Bertz CT molecular complexity index is 517. The van der Waals surface area contributed by atoms with Gasteiger partial charge in [0.1, 0.15) is 6.29 Å². The number of aryl methyl sites for hydroxylation is 1. The van der Waals surface area contributed by atoms with E-state index in [1.807, 2.05) is 19.1 Å². The van der Waals surface area contributed by atoms with Gasteiger partial charge in [0.05, 0.1) is 12.2 Å². The summed E-state index contributed by atoms with van der Waals surface area (Å²) in [5.74, 6) is 0.120. The number of aldehydes is 1. The van der Waals surface area contributed by atoms with Crippen LogP contribution >= 0.6 is 31.9 Å². The second-order valence-electron chi connectivity index (χ2n) is 5.40. The highest BCUT2D eigenvalue weighted by molar-refractivity contribution is 9.11. The number of amides is 1. The van der Waals surface area contributed by atoms with Crippen molar-refractivity contribution in [3.05, 3.63) is 26.6 Å². The number of likely N-dealkylation sites (tertiary alicyclic amines) is 1. The first-order valence-electron chi connectivity index (χ1n) is 6.92. The SMILES string of the molecule is Cc1cc(Br)c(NC(=O)CN2CCC(C=O)CC2)c(Br)c1. The largest absolute Gasteiger partial charge is 0.323 e. The average molecular weight is 418 g/mol. The summed E-state index contributed by atoms with van der Waals surface area (Å²) in [4.78, 5) is 25.0. The van der Waals surface area contributed by atoms with E-state index in [0.717, 1.165) is 52.4 Å². The lowest BCUT2D eigenvalue weighted by atomic mass is 9.99. The number of carbonyl (C=O) groups is 2. The second-order valence-corrected chi connectivity index (χ2v) is 7.11. The van der Waals surface area contributed by atoms with Crippen molar-refractivity contribution in [2.75, 3.05) is 25.0 Å². The Morgan fingerprint density at radius 2 is 1.90 bits per heavy atom. The van der Waals surface area contributed by atoms with Gasteiger partial charge in [0.25, 0.3) is 0 Å². The van der Waals surface area contributed by atoms with Crippen LogP contribution in [0, 0.1) is 12.8 Å². The molecule has 0 spiro atoms. The molecular formula is C15H18Br2N2O2. The molecule has 1 fully saturated rings. The Morgan fingerprint density at radius 3 is 2.43 bits per heavy atom. The Kier molecular flexibility index (Phi) is 5.96. The zero-order chi connectivity index (χ0) is 15.4. The molecule has 0 unspecified atom stereocenters. The number of anilines is 1. The number of hydrogen-bond acceptors (Lipinski definition) is 3. The van der Waals surface area contributed by atoms with Crippen LogP contribution in [0.25, 0.3) is 0 Å². The first kappa shape index (κ1) is 16.6. The van der Waals surface area contributed by atoms with Gasteiger partial charge in [-0.2, -0.15) is 0 Å². The summed E-state index contributed by atoms with van der Waals surface area (Å²) in [5, 5.41) is 2.93. The maximum atomic E-state index is 12.2. The van der Waals surface area contributed by atoms with Gasteiger partial charge in [0, 0.05) is 14.9 Å². The number of nitrogens with one attached hydrogen (secondary N) is 1. The summed E-state index contributed by atoms with van der Waals surface area (Å²) >= 11 is 6.94. The Hall–Kier alpha value is -0.720. The maximum absolute atomic E-state index is 12.2. The van der Waals surface area contributed by atoms with E-state index in [4.69, 9.17) is 0 Å². The lowest BCUT2D eigenvalue weighted by molar-refractivity contribution is -0.117. The molecule has 1 aromatic rings. The van der Waals surface area contributed by atoms with E-state index in [9.17, 15) is 9.59 Å². The second kappa shape index (κ2) is 7.51. The fourth-order valence-electron chi connectivity index (χ4n) is 2.45. The average Bonchev–Trinajstić information content (AvgIpc) is 2.43. The molecular weight excluding hydrogens is 400 g/mol. The summed E-state index contributed by atoms with van der Waals surface area (Å²) in [7, 11) is 0. The van der Waals surface area contributed by atoms with Crippen LogP contribution < -0.4 is 5.32 Å². The van der Waals surface area contributed by atoms with Crippen molar-refractivity contribution >= 4 is 49.7 Å². The Balaban J connectivity index is 1.92. The molecule has 0 saturated carbocycles. The monoisotopic (exact) mass is 416 g/mol. The zero-order valence-corrected chi connectivity index (χ0v) is 15.0. The third kappa shape index (κ3) is 4.63. The van der Waals surface area contributed by atoms with Crippen LogP contribution in [0.2, 0.25) is 0 Å². The lowest BCUT2D eigenvalue weighted by Gasteiger charge is -2.28. The van der Waals surface area contributed by atoms with Gasteiger partial charge in [-0.25, -0.2) is 0 Å². The number of carbonyl (C=O) groups excluding carboxylic acids is 2. The molecule has 1 amide bonds. The fourth-order valence-corrected chi connectivity index (χ4v) is 4.06. The van der Waals surface area contributed by atoms with Gasteiger partial charge in [-0.15, -0.1) is 0 Å². The first-order chi connectivity index (χ1) is 9.99. The van der Waals surface area contributed by atoms with Crippen molar-refractivity contribution in [2.24, 2.45) is 5.92 Å². The lowest BCUT2D eigenvalue weighted by Crippen LogP contribution is -2.39. The molecule has 1 aliphatic rings. The van der Waals surface area contributed by atoms with Gasteiger partial charge in [-0.1, -0.05) is 0 Å². The number of benzene rings is 1. The van der Waals surface area contributed by atoms with Crippen molar-refractivity contribution in [1.82, 2.24) is 4.90 Å². The molecule has 114 valence electrons. The van der Waals surface area contributed by atoms with Gasteiger partial charge >= 0.3 is 0 Å². The van der Waals surface area contributed by atoms with E-state index in [1.54, 1.807) is 0 Å². The summed E-state index contributed by atoms with van der Waals surface area (Å²) < 4.78 is 1.73. The minimum absolute atomic E-state index is 0.0372. The molecule has 1 aromatic carbocycles. The summed E-state index contributed by atoms with van der Waals surface area (Å²) in [5.41, 5.74) is 1.87. The predicted octanol–water partition coefficient (Wildman–Crippen LogP) is 3.37. The molecule has 1 saturated heterocycles. The van der Waals surface area contributed by atoms with Crippen molar-refractivity contribution < 1.29 is 9.59 Å². The van der Waals surface area contributed by atoms with Crippen LogP contribution in [-0.2, 0) is 9.59 Å². The molecule has 0 aromatic heterocycles. The van der Waals surface area contributed by atoms with E-state index in [2.05, 4.69) is 42.1 Å². The quantitative estimate of drug-likeness (QED) is 0.764. The van der Waals surface area contributed by atoms with E-state index >= 15 is 0 Å². The van der Waals surface area contributed by atoms with Crippen LogP contribution in [0.5, 0.6) is 0 Å². The van der Waals surface area contributed by atoms with Crippen LogP contribution in [0.3, 0.4) is 0 Å². The normalized spacial score (nSPS) is 16.7. The summed E-state index contributed by atoms with van der Waals surface area (Å²) in [6.07, 6.45) is 2.71. The van der Waals surface area contributed by atoms with Crippen molar-refractivity contribution in [3.63, 3.8) is 0 Å². The van der Waals surface area contributed by atoms with Crippen molar-refractivity contribution in [1.29, 1.82) is 0 Å². The van der Waals surface area contributed by atoms with Crippen LogP contribution in [0.1, 0.15) is 18.4 Å². The minimum atomic E-state index is -0.0372. The molecule has 0 atom stereocenters. The summed E-state index contributed by atoms with van der Waals surface area (Å²) in [6.45, 7) is 3.96. The van der Waals surface area contributed by atoms with Gasteiger partial charge in [-0.3, -0.25) is 9.69 Å². The smallest absolute Gasteiger partial charge is 0.238 e. The van der Waals surface area contributed by atoms with Gasteiger partial charge in [0.15, 0.2) is 0 Å². The van der Waals surface area contributed by atoms with Crippen LogP contribution in [0.15, 0.2) is 21.1 Å². The predicted molar refractivity (Wildman–Crippen MR) is 90.4 cm³/mol. The highest BCUT2D eigenvalue weighted by Gasteiger charge is 2.20. The van der Waals surface area contributed by atoms with Gasteiger partial charge in [0.2, 0.25) is 5.91 Å². The molecule has 4 nitrogen and oxygen atoms in total. The van der Waals surface area contributed by atoms with Gasteiger partial charge < -0.3 is 10.1 Å². The minimum Gasteiger partial charge on any atom is -0.323 e. The van der Waals surface area contributed by atoms with E-state index in [-0.39, 0.29) is 11.8 Å². The number of halogens is 2. The van der Waals surface area contributed by atoms with E-state index in [0.29, 0.717) is 6.54 Å². The molecule has 6 heteroatoms. The van der Waals surface area contributed by atoms with Gasteiger partial charge in [-0.05, 0) is 82.4 Å². The van der Waals surface area contributed by atoms with Crippen molar-refractivity contribution in [2.45, 2.75) is 19.8 Å². The van der Waals surface area contributed by atoms with Crippen LogP contribution in [-0.4, -0.2) is 36.7 Å².